The predicted molar refractivity (Wildman–Crippen MR) is 119 cm³/mol. The lowest BCUT2D eigenvalue weighted by Crippen LogP contribution is -2.48. The molecule has 0 amide bonds. The first-order valence-corrected chi connectivity index (χ1v) is 10.2. The van der Waals surface area contributed by atoms with Gasteiger partial charge in [-0.15, -0.1) is 0 Å². The number of aliphatic hydroxyl groups excluding tert-OH is 3. The molecule has 166 valence electrons. The zero-order chi connectivity index (χ0) is 22.4. The van der Waals surface area contributed by atoms with Crippen LogP contribution in [0.1, 0.15) is 31.9 Å². The molecular weight excluding hydrogens is 396 g/mol. The van der Waals surface area contributed by atoms with E-state index in [-0.39, 0.29) is 12.5 Å². The third-order valence-electron chi connectivity index (χ3n) is 4.94. The highest BCUT2D eigenvalue weighted by Gasteiger charge is 2.27. The Morgan fingerprint density at radius 2 is 1.52 bits per heavy atom. The van der Waals surface area contributed by atoms with E-state index >= 15 is 0 Å². The molecule has 1 unspecified atom stereocenters. The van der Waals surface area contributed by atoms with E-state index in [4.69, 9.17) is 15.2 Å². The lowest BCUT2D eigenvalue weighted by Gasteiger charge is -2.27. The number of hydrogen-bond donors (Lipinski definition) is 5. The van der Waals surface area contributed by atoms with Crippen molar-refractivity contribution in [3.05, 3.63) is 66.4 Å². The first-order valence-electron chi connectivity index (χ1n) is 10.2. The predicted octanol–water partition coefficient (Wildman–Crippen LogP) is 3.37. The second-order valence-corrected chi connectivity index (χ2v) is 8.01. The summed E-state index contributed by atoms with van der Waals surface area (Å²) >= 11 is 0. The Bertz CT molecular complexity index is 947. The average molecular weight is 427 g/mol. The number of aromatic amines is 1. The zero-order valence-electron chi connectivity index (χ0n) is 17.8. The lowest BCUT2D eigenvalue weighted by atomic mass is 9.92. The van der Waals surface area contributed by atoms with Crippen LogP contribution in [0.15, 0.2) is 60.8 Å². The third kappa shape index (κ3) is 6.08. The molecule has 1 aromatic heterocycles. The van der Waals surface area contributed by atoms with E-state index in [0.717, 1.165) is 17.0 Å². The molecule has 0 saturated heterocycles. The summed E-state index contributed by atoms with van der Waals surface area (Å²) < 4.78 is 11.5. The van der Waals surface area contributed by atoms with Crippen molar-refractivity contribution >= 4 is 0 Å². The number of hydrogen-bond acceptors (Lipinski definition) is 6. The highest BCUT2D eigenvalue weighted by molar-refractivity contribution is 5.65. The van der Waals surface area contributed by atoms with Gasteiger partial charge < -0.3 is 35.5 Å². The summed E-state index contributed by atoms with van der Waals surface area (Å²) in [6.45, 7) is 3.14. The number of nitrogens with one attached hydrogen (secondary N) is 1. The molecule has 0 radical (unpaired) electrons. The van der Waals surface area contributed by atoms with Gasteiger partial charge in [0.25, 0.3) is 0 Å². The molecule has 0 aliphatic heterocycles. The maximum absolute atomic E-state index is 10.3. The van der Waals surface area contributed by atoms with Gasteiger partial charge in [-0.05, 0) is 55.7 Å². The van der Waals surface area contributed by atoms with Gasteiger partial charge in [0.05, 0.1) is 31.0 Å². The van der Waals surface area contributed by atoms with Crippen molar-refractivity contribution in [2.75, 3.05) is 13.2 Å². The molecule has 0 bridgehead atoms. The van der Waals surface area contributed by atoms with Crippen LogP contribution >= 0.6 is 0 Å². The minimum atomic E-state index is -1.22. The quantitative estimate of drug-likeness (QED) is 0.339. The van der Waals surface area contributed by atoms with Crippen molar-refractivity contribution in [3.8, 4) is 28.5 Å². The normalized spacial score (nSPS) is 12.7. The molecule has 0 saturated carbocycles. The monoisotopic (exact) mass is 426 g/mol. The molecule has 3 aromatic rings. The number of rotatable bonds is 10. The summed E-state index contributed by atoms with van der Waals surface area (Å²) in [7, 11) is 0. The van der Waals surface area contributed by atoms with Gasteiger partial charge in [-0.2, -0.15) is 0 Å². The third-order valence-corrected chi connectivity index (χ3v) is 4.94. The largest absolute Gasteiger partial charge is 0.476 e. The molecule has 0 spiro atoms. The number of aliphatic hydroxyl groups is 3. The molecule has 3 rings (SSSR count). The minimum absolute atomic E-state index is 0.0464. The fourth-order valence-corrected chi connectivity index (χ4v) is 3.15. The van der Waals surface area contributed by atoms with Crippen LogP contribution in [0.4, 0.5) is 0 Å². The molecule has 1 atom stereocenters. The minimum Gasteiger partial charge on any atom is -0.476 e. The molecule has 6 N–H and O–H groups in total. The van der Waals surface area contributed by atoms with E-state index in [1.807, 2.05) is 50.4 Å². The van der Waals surface area contributed by atoms with Crippen LogP contribution in [0.3, 0.4) is 0 Å². The maximum Gasteiger partial charge on any atom is 0.191 e. The number of aromatic nitrogens is 1. The van der Waals surface area contributed by atoms with Gasteiger partial charge in [-0.1, -0.05) is 24.3 Å². The Kier molecular flexibility index (Phi) is 7.35. The van der Waals surface area contributed by atoms with Crippen molar-refractivity contribution in [1.82, 2.24) is 4.98 Å². The number of H-pyrrole nitrogens is 1. The highest BCUT2D eigenvalue weighted by atomic mass is 16.5. The Balaban J connectivity index is 1.62. The van der Waals surface area contributed by atoms with Gasteiger partial charge >= 0.3 is 0 Å². The van der Waals surface area contributed by atoms with E-state index in [9.17, 15) is 15.3 Å². The molecule has 31 heavy (non-hydrogen) atoms. The van der Waals surface area contributed by atoms with Crippen molar-refractivity contribution in [2.24, 2.45) is 5.73 Å². The Morgan fingerprint density at radius 3 is 2.06 bits per heavy atom. The van der Waals surface area contributed by atoms with Crippen LogP contribution in [-0.2, 0) is 0 Å². The molecule has 7 nitrogen and oxygen atoms in total. The smallest absolute Gasteiger partial charge is 0.191 e. The van der Waals surface area contributed by atoms with Crippen LogP contribution in [0.25, 0.3) is 11.1 Å². The summed E-state index contributed by atoms with van der Waals surface area (Å²) in [4.78, 5) is 3.12. The topological polar surface area (TPSA) is 121 Å². The second-order valence-electron chi connectivity index (χ2n) is 8.01. The van der Waals surface area contributed by atoms with Crippen LogP contribution in [0.2, 0.25) is 0 Å². The van der Waals surface area contributed by atoms with Crippen LogP contribution in [0.5, 0.6) is 17.4 Å². The molecule has 2 aromatic carbocycles. The van der Waals surface area contributed by atoms with Crippen molar-refractivity contribution in [3.63, 3.8) is 0 Å². The zero-order valence-corrected chi connectivity index (χ0v) is 17.8. The Morgan fingerprint density at radius 1 is 0.935 bits per heavy atom. The van der Waals surface area contributed by atoms with Gasteiger partial charge in [0.1, 0.15) is 11.5 Å². The summed E-state index contributed by atoms with van der Waals surface area (Å²) in [5, 5.41) is 28.9. The molecule has 0 aliphatic rings. The number of ether oxygens (including phenoxy) is 2. The standard InChI is InChI=1S/C24H30N2O5/c1-16(2)30-23-11-19(13-26-23)17-3-7-20(8-4-17)31-21-9-5-18(6-10-21)22(29)12-24(25,14-27)15-28/h3-11,13,16,22,26-29H,12,14-15,25H2,1-2H3. The van der Waals surface area contributed by atoms with Gasteiger partial charge in [-0.25, -0.2) is 0 Å². The van der Waals surface area contributed by atoms with E-state index in [2.05, 4.69) is 4.98 Å². The van der Waals surface area contributed by atoms with E-state index in [0.29, 0.717) is 17.1 Å². The van der Waals surface area contributed by atoms with Crippen molar-refractivity contribution < 1.29 is 24.8 Å². The van der Waals surface area contributed by atoms with E-state index < -0.39 is 24.9 Å². The summed E-state index contributed by atoms with van der Waals surface area (Å²) in [5.41, 5.74) is 7.33. The fourth-order valence-electron chi connectivity index (χ4n) is 3.15. The molecular formula is C24H30N2O5. The highest BCUT2D eigenvalue weighted by Crippen LogP contribution is 2.29. The Labute approximate surface area is 182 Å². The summed E-state index contributed by atoms with van der Waals surface area (Å²) in [6.07, 6.45) is 1.16. The molecule has 7 heteroatoms. The number of nitrogens with two attached hydrogens (primary N) is 1. The van der Waals surface area contributed by atoms with E-state index in [1.165, 1.54) is 0 Å². The maximum atomic E-state index is 10.3. The number of benzene rings is 2. The van der Waals surface area contributed by atoms with Gasteiger partial charge in [0.2, 0.25) is 0 Å². The fraction of sp³-hybridized carbons (Fsp3) is 0.333. The lowest BCUT2D eigenvalue weighted by molar-refractivity contribution is 0.0618. The van der Waals surface area contributed by atoms with E-state index in [1.54, 1.807) is 24.3 Å². The molecule has 1 heterocycles. The summed E-state index contributed by atoms with van der Waals surface area (Å²) in [6, 6.07) is 16.7. The van der Waals surface area contributed by atoms with Crippen LogP contribution in [-0.4, -0.2) is 45.2 Å². The van der Waals surface area contributed by atoms with Gasteiger partial charge in [-0.3, -0.25) is 0 Å². The second kappa shape index (κ2) is 9.98. The van der Waals surface area contributed by atoms with Crippen LogP contribution < -0.4 is 15.2 Å². The Hall–Kier alpha value is -2.84. The SMILES string of the molecule is CC(C)Oc1cc(-c2ccc(Oc3ccc(C(O)CC(N)(CO)CO)cc3)cc2)c[nH]1. The van der Waals surface area contributed by atoms with Crippen LogP contribution in [0, 0.1) is 0 Å². The van der Waals surface area contributed by atoms with Crippen molar-refractivity contribution in [2.45, 2.75) is 38.0 Å². The average Bonchev–Trinajstić information content (AvgIpc) is 3.22. The molecule has 0 fully saturated rings. The first kappa shape index (κ1) is 22.8. The van der Waals surface area contributed by atoms with Gasteiger partial charge in [0.15, 0.2) is 5.88 Å². The van der Waals surface area contributed by atoms with Gasteiger partial charge in [0, 0.05) is 17.8 Å². The van der Waals surface area contributed by atoms with Crippen molar-refractivity contribution in [1.29, 1.82) is 0 Å². The molecule has 0 aliphatic carbocycles. The first-order chi connectivity index (χ1) is 14.8. The summed E-state index contributed by atoms with van der Waals surface area (Å²) in [5.74, 6) is 2.05.